The van der Waals surface area contributed by atoms with E-state index in [2.05, 4.69) is 23.5 Å². The number of piperidine rings is 1. The van der Waals surface area contributed by atoms with Gasteiger partial charge in [0.1, 0.15) is 0 Å². The van der Waals surface area contributed by atoms with Crippen LogP contribution < -0.4 is 10.0 Å². The van der Waals surface area contributed by atoms with Gasteiger partial charge < -0.3 is 10.2 Å². The summed E-state index contributed by atoms with van der Waals surface area (Å²) in [5.41, 5.74) is 1.93. The van der Waals surface area contributed by atoms with Crippen LogP contribution in [0.15, 0.2) is 66.1 Å². The van der Waals surface area contributed by atoms with Gasteiger partial charge in [0.2, 0.25) is 5.91 Å². The van der Waals surface area contributed by atoms with Crippen LogP contribution in [0.4, 0.5) is 5.69 Å². The van der Waals surface area contributed by atoms with Crippen molar-refractivity contribution >= 4 is 27.5 Å². The zero-order chi connectivity index (χ0) is 23.8. The number of hydrogen-bond donors (Lipinski definition) is 2. The van der Waals surface area contributed by atoms with Gasteiger partial charge in [-0.25, -0.2) is 8.42 Å². The van der Waals surface area contributed by atoms with Gasteiger partial charge in [0.25, 0.3) is 15.9 Å². The molecular formula is C25H31N3O4S. The van der Waals surface area contributed by atoms with Crippen molar-refractivity contribution in [3.05, 3.63) is 72.3 Å². The molecule has 0 bridgehead atoms. The molecule has 1 aliphatic heterocycles. The Hall–Kier alpha value is -3.13. The number of carbonyl (C=O) groups excluding carboxylic acids is 2. The number of benzene rings is 2. The van der Waals surface area contributed by atoms with Crippen molar-refractivity contribution < 1.29 is 18.0 Å². The molecule has 7 nitrogen and oxygen atoms in total. The number of aryl methyl sites for hydroxylation is 1. The molecule has 0 aromatic heterocycles. The Bertz CT molecular complexity index is 1080. The van der Waals surface area contributed by atoms with E-state index < -0.39 is 10.0 Å². The number of hydrogen-bond acceptors (Lipinski definition) is 4. The summed E-state index contributed by atoms with van der Waals surface area (Å²) in [5.74, 6) is -0.477. The van der Waals surface area contributed by atoms with Crippen LogP contribution in [0.25, 0.3) is 0 Å². The van der Waals surface area contributed by atoms with E-state index in [0.29, 0.717) is 30.9 Å². The second kappa shape index (κ2) is 11.1. The summed E-state index contributed by atoms with van der Waals surface area (Å²) in [7, 11) is -3.72. The summed E-state index contributed by atoms with van der Waals surface area (Å²) in [6, 6.07) is 13.2. The van der Waals surface area contributed by atoms with E-state index in [1.807, 2.05) is 12.1 Å². The number of nitrogens with zero attached hydrogens (tertiary/aromatic N) is 1. The second-order valence-corrected chi connectivity index (χ2v) is 9.88. The third kappa shape index (κ3) is 6.44. The average Bonchev–Trinajstić information content (AvgIpc) is 2.83. The molecule has 1 heterocycles. The van der Waals surface area contributed by atoms with E-state index >= 15 is 0 Å². The van der Waals surface area contributed by atoms with Crippen LogP contribution >= 0.6 is 0 Å². The quantitative estimate of drug-likeness (QED) is 0.549. The van der Waals surface area contributed by atoms with Crippen molar-refractivity contribution in [2.75, 3.05) is 24.4 Å². The van der Waals surface area contributed by atoms with E-state index in [0.717, 1.165) is 31.2 Å². The van der Waals surface area contributed by atoms with Gasteiger partial charge in [-0.3, -0.25) is 14.3 Å². The molecule has 1 aliphatic rings. The van der Waals surface area contributed by atoms with Gasteiger partial charge in [0, 0.05) is 30.9 Å². The van der Waals surface area contributed by atoms with Gasteiger partial charge in [-0.2, -0.15) is 0 Å². The third-order valence-electron chi connectivity index (χ3n) is 5.66. The zero-order valence-corrected chi connectivity index (χ0v) is 19.7. The molecule has 2 aromatic carbocycles. The lowest BCUT2D eigenvalue weighted by molar-refractivity contribution is -0.126. The van der Waals surface area contributed by atoms with Crippen LogP contribution in [0.5, 0.6) is 0 Å². The van der Waals surface area contributed by atoms with Crippen LogP contribution in [-0.2, 0) is 21.2 Å². The molecule has 1 unspecified atom stereocenters. The highest BCUT2D eigenvalue weighted by Crippen LogP contribution is 2.21. The minimum atomic E-state index is -3.72. The first-order valence-corrected chi connectivity index (χ1v) is 12.7. The van der Waals surface area contributed by atoms with Crippen molar-refractivity contribution in [1.82, 2.24) is 10.2 Å². The number of rotatable bonds is 9. The van der Waals surface area contributed by atoms with Crippen molar-refractivity contribution in [2.24, 2.45) is 5.92 Å². The minimum Gasteiger partial charge on any atom is -0.352 e. The summed E-state index contributed by atoms with van der Waals surface area (Å²) in [5, 5.41) is 2.79. The molecule has 0 aliphatic carbocycles. The standard InChI is InChI=1S/C25H31N3O4S/c1-3-6-19-8-14-23(15-9-19)33(31,32)27-22-12-10-20(11-13-22)25(30)28-17-5-7-21(18-28)24(29)26-16-4-2/h4,8-15,21,27H,2-3,5-7,16-18H2,1H3,(H,26,29). The Morgan fingerprint density at radius 1 is 1.12 bits per heavy atom. The van der Waals surface area contributed by atoms with E-state index in [4.69, 9.17) is 0 Å². The van der Waals surface area contributed by atoms with Crippen LogP contribution in [0.3, 0.4) is 0 Å². The van der Waals surface area contributed by atoms with E-state index in [-0.39, 0.29) is 22.6 Å². The number of carbonyl (C=O) groups is 2. The first kappa shape index (κ1) is 24.5. The molecule has 33 heavy (non-hydrogen) atoms. The van der Waals surface area contributed by atoms with E-state index in [1.54, 1.807) is 47.4 Å². The highest BCUT2D eigenvalue weighted by molar-refractivity contribution is 7.92. The fourth-order valence-electron chi connectivity index (χ4n) is 3.89. The highest BCUT2D eigenvalue weighted by Gasteiger charge is 2.28. The molecular weight excluding hydrogens is 438 g/mol. The molecule has 0 spiro atoms. The van der Waals surface area contributed by atoms with Crippen molar-refractivity contribution in [1.29, 1.82) is 0 Å². The molecule has 8 heteroatoms. The molecule has 0 saturated carbocycles. The topological polar surface area (TPSA) is 95.6 Å². The maximum atomic E-state index is 12.9. The van der Waals surface area contributed by atoms with E-state index in [9.17, 15) is 18.0 Å². The predicted molar refractivity (Wildman–Crippen MR) is 130 cm³/mol. The minimum absolute atomic E-state index is 0.0696. The maximum absolute atomic E-state index is 12.9. The Labute approximate surface area is 195 Å². The lowest BCUT2D eigenvalue weighted by atomic mass is 9.96. The fraction of sp³-hybridized carbons (Fsp3) is 0.360. The fourth-order valence-corrected chi connectivity index (χ4v) is 4.95. The SMILES string of the molecule is C=CCNC(=O)C1CCCN(C(=O)c2ccc(NS(=O)(=O)c3ccc(CCC)cc3)cc2)C1. The first-order chi connectivity index (χ1) is 15.8. The van der Waals surface area contributed by atoms with Gasteiger partial charge in [0.15, 0.2) is 0 Å². The Kier molecular flexibility index (Phi) is 8.27. The number of amides is 2. The van der Waals surface area contributed by atoms with Crippen molar-refractivity contribution in [2.45, 2.75) is 37.5 Å². The highest BCUT2D eigenvalue weighted by atomic mass is 32.2. The largest absolute Gasteiger partial charge is 0.352 e. The summed E-state index contributed by atoms with van der Waals surface area (Å²) in [4.78, 5) is 27.0. The summed E-state index contributed by atoms with van der Waals surface area (Å²) in [6.07, 6.45) is 5.02. The van der Waals surface area contributed by atoms with Crippen molar-refractivity contribution in [3.8, 4) is 0 Å². The van der Waals surface area contributed by atoms with Crippen LogP contribution in [-0.4, -0.2) is 44.8 Å². The molecule has 1 fully saturated rings. The van der Waals surface area contributed by atoms with Crippen LogP contribution in [0.2, 0.25) is 0 Å². The van der Waals surface area contributed by atoms with Crippen molar-refractivity contribution in [3.63, 3.8) is 0 Å². The zero-order valence-electron chi connectivity index (χ0n) is 18.9. The Morgan fingerprint density at radius 3 is 2.45 bits per heavy atom. The van der Waals surface area contributed by atoms with Crippen LogP contribution in [0.1, 0.15) is 42.1 Å². The molecule has 3 rings (SSSR count). The third-order valence-corrected chi connectivity index (χ3v) is 7.05. The summed E-state index contributed by atoms with van der Waals surface area (Å²) in [6.45, 7) is 7.03. The number of sulfonamides is 1. The lowest BCUT2D eigenvalue weighted by Crippen LogP contribution is -2.45. The monoisotopic (exact) mass is 469 g/mol. The smallest absolute Gasteiger partial charge is 0.261 e. The maximum Gasteiger partial charge on any atom is 0.261 e. The summed E-state index contributed by atoms with van der Waals surface area (Å²) >= 11 is 0. The van der Waals surface area contributed by atoms with Gasteiger partial charge >= 0.3 is 0 Å². The Morgan fingerprint density at radius 2 is 1.82 bits per heavy atom. The molecule has 2 N–H and O–H groups in total. The number of likely N-dealkylation sites (tertiary alicyclic amines) is 1. The van der Waals surface area contributed by atoms with Gasteiger partial charge in [0.05, 0.1) is 10.8 Å². The molecule has 176 valence electrons. The lowest BCUT2D eigenvalue weighted by Gasteiger charge is -2.32. The normalized spacial score (nSPS) is 16.2. The molecule has 1 atom stereocenters. The average molecular weight is 470 g/mol. The number of anilines is 1. The molecule has 2 aromatic rings. The van der Waals surface area contributed by atoms with Crippen LogP contribution in [0, 0.1) is 5.92 Å². The predicted octanol–water partition coefficient (Wildman–Crippen LogP) is 3.59. The number of nitrogens with one attached hydrogen (secondary N) is 2. The van der Waals surface area contributed by atoms with Gasteiger partial charge in [-0.15, -0.1) is 6.58 Å². The Balaban J connectivity index is 1.63. The van der Waals surface area contributed by atoms with E-state index in [1.165, 1.54) is 0 Å². The first-order valence-electron chi connectivity index (χ1n) is 11.2. The molecule has 0 radical (unpaired) electrons. The summed E-state index contributed by atoms with van der Waals surface area (Å²) < 4.78 is 27.9. The molecule has 2 amide bonds. The van der Waals surface area contributed by atoms with Gasteiger partial charge in [-0.05, 0) is 61.2 Å². The second-order valence-electron chi connectivity index (χ2n) is 8.20. The van der Waals surface area contributed by atoms with Gasteiger partial charge in [-0.1, -0.05) is 31.6 Å². The molecule has 1 saturated heterocycles.